The van der Waals surface area contributed by atoms with Gasteiger partial charge in [-0.25, -0.2) is 0 Å². The standard InChI is InChI=1S/C10H19NO3/c1-8(10(12)13)2-5-11-9-3-6-14-7-4-9/h8-9,11H,2-7H2,1H3,(H,12,13). The molecule has 0 aromatic rings. The smallest absolute Gasteiger partial charge is 0.306 e. The quantitative estimate of drug-likeness (QED) is 0.693. The molecule has 1 unspecified atom stereocenters. The Morgan fingerprint density at radius 2 is 2.21 bits per heavy atom. The Hall–Kier alpha value is -0.610. The maximum Gasteiger partial charge on any atom is 0.306 e. The van der Waals surface area contributed by atoms with Crippen LogP contribution in [0, 0.1) is 5.92 Å². The van der Waals surface area contributed by atoms with E-state index in [1.165, 1.54) is 0 Å². The van der Waals surface area contributed by atoms with E-state index in [9.17, 15) is 4.79 Å². The van der Waals surface area contributed by atoms with Crippen LogP contribution in [0.1, 0.15) is 26.2 Å². The zero-order chi connectivity index (χ0) is 10.4. The first-order valence-corrected chi connectivity index (χ1v) is 5.24. The van der Waals surface area contributed by atoms with E-state index in [2.05, 4.69) is 5.32 Å². The Labute approximate surface area is 84.6 Å². The third kappa shape index (κ3) is 4.07. The molecule has 82 valence electrons. The Kier molecular flexibility index (Phi) is 4.90. The van der Waals surface area contributed by atoms with Gasteiger partial charge in [0.2, 0.25) is 0 Å². The number of nitrogens with one attached hydrogen (secondary N) is 1. The van der Waals surface area contributed by atoms with Crippen LogP contribution >= 0.6 is 0 Å². The second kappa shape index (κ2) is 5.98. The average Bonchev–Trinajstić information content (AvgIpc) is 2.19. The summed E-state index contributed by atoms with van der Waals surface area (Å²) < 4.78 is 5.23. The van der Waals surface area contributed by atoms with Crippen molar-refractivity contribution in [3.63, 3.8) is 0 Å². The van der Waals surface area contributed by atoms with Crippen LogP contribution in [-0.2, 0) is 9.53 Å². The van der Waals surface area contributed by atoms with Crippen molar-refractivity contribution in [3.8, 4) is 0 Å². The Bertz CT molecular complexity index is 178. The van der Waals surface area contributed by atoms with Gasteiger partial charge in [0.15, 0.2) is 0 Å². The van der Waals surface area contributed by atoms with E-state index in [1.54, 1.807) is 6.92 Å². The maximum absolute atomic E-state index is 10.5. The highest BCUT2D eigenvalue weighted by Crippen LogP contribution is 2.07. The van der Waals surface area contributed by atoms with Gasteiger partial charge in [-0.2, -0.15) is 0 Å². The molecule has 0 saturated carbocycles. The number of ether oxygens (including phenoxy) is 1. The minimum atomic E-state index is -0.709. The van der Waals surface area contributed by atoms with Crippen LogP contribution in [0.25, 0.3) is 0 Å². The van der Waals surface area contributed by atoms with Crippen molar-refractivity contribution in [2.45, 2.75) is 32.2 Å². The average molecular weight is 201 g/mol. The van der Waals surface area contributed by atoms with Gasteiger partial charge < -0.3 is 15.2 Å². The Balaban J connectivity index is 2.05. The van der Waals surface area contributed by atoms with Crippen LogP contribution in [0.15, 0.2) is 0 Å². The number of hydrogen-bond donors (Lipinski definition) is 2. The monoisotopic (exact) mass is 201 g/mol. The van der Waals surface area contributed by atoms with Gasteiger partial charge in [-0.3, -0.25) is 4.79 Å². The van der Waals surface area contributed by atoms with Gasteiger partial charge in [-0.05, 0) is 25.8 Å². The SMILES string of the molecule is CC(CCNC1CCOCC1)C(=O)O. The molecule has 14 heavy (non-hydrogen) atoms. The van der Waals surface area contributed by atoms with Crippen LogP contribution in [0.5, 0.6) is 0 Å². The van der Waals surface area contributed by atoms with Crippen molar-refractivity contribution in [3.05, 3.63) is 0 Å². The van der Waals surface area contributed by atoms with Crippen molar-refractivity contribution < 1.29 is 14.6 Å². The second-order valence-corrected chi connectivity index (χ2v) is 3.87. The van der Waals surface area contributed by atoms with E-state index in [0.29, 0.717) is 12.5 Å². The molecule has 0 aliphatic carbocycles. The molecule has 1 heterocycles. The zero-order valence-electron chi connectivity index (χ0n) is 8.66. The summed E-state index contributed by atoms with van der Waals surface area (Å²) in [6, 6.07) is 0.518. The van der Waals surface area contributed by atoms with Gasteiger partial charge in [-0.1, -0.05) is 6.92 Å². The molecule has 0 aromatic heterocycles. The lowest BCUT2D eigenvalue weighted by Gasteiger charge is -2.23. The second-order valence-electron chi connectivity index (χ2n) is 3.87. The zero-order valence-corrected chi connectivity index (χ0v) is 8.66. The van der Waals surface area contributed by atoms with Crippen LogP contribution in [0.3, 0.4) is 0 Å². The molecular weight excluding hydrogens is 182 g/mol. The minimum absolute atomic E-state index is 0.248. The first-order chi connectivity index (χ1) is 6.70. The topological polar surface area (TPSA) is 58.6 Å². The maximum atomic E-state index is 10.5. The lowest BCUT2D eigenvalue weighted by atomic mass is 10.1. The fourth-order valence-corrected chi connectivity index (χ4v) is 1.53. The minimum Gasteiger partial charge on any atom is -0.481 e. The summed E-state index contributed by atoms with van der Waals surface area (Å²) in [5, 5.41) is 12.0. The molecule has 0 aromatic carbocycles. The third-order valence-corrected chi connectivity index (χ3v) is 2.65. The van der Waals surface area contributed by atoms with Crippen molar-refractivity contribution in [2.75, 3.05) is 19.8 Å². The lowest BCUT2D eigenvalue weighted by Crippen LogP contribution is -2.36. The highest BCUT2D eigenvalue weighted by molar-refractivity contribution is 5.69. The number of carboxylic acid groups (broad SMARTS) is 1. The molecule has 1 rings (SSSR count). The van der Waals surface area contributed by atoms with E-state index >= 15 is 0 Å². The van der Waals surface area contributed by atoms with Gasteiger partial charge in [0.05, 0.1) is 5.92 Å². The van der Waals surface area contributed by atoms with Crippen molar-refractivity contribution >= 4 is 5.97 Å². The number of hydrogen-bond acceptors (Lipinski definition) is 3. The highest BCUT2D eigenvalue weighted by Gasteiger charge is 2.14. The number of carbonyl (C=O) groups is 1. The molecule has 4 nitrogen and oxygen atoms in total. The normalized spacial score (nSPS) is 20.6. The molecule has 0 amide bonds. The van der Waals surface area contributed by atoms with Crippen molar-refractivity contribution in [1.29, 1.82) is 0 Å². The van der Waals surface area contributed by atoms with E-state index in [0.717, 1.165) is 32.6 Å². The first kappa shape index (κ1) is 11.5. The molecule has 1 fully saturated rings. The van der Waals surface area contributed by atoms with Gasteiger partial charge in [0.25, 0.3) is 0 Å². The van der Waals surface area contributed by atoms with Gasteiger partial charge >= 0.3 is 5.97 Å². The molecule has 1 aliphatic rings. The lowest BCUT2D eigenvalue weighted by molar-refractivity contribution is -0.141. The Morgan fingerprint density at radius 1 is 1.57 bits per heavy atom. The predicted octanol–water partition coefficient (Wildman–Crippen LogP) is 0.866. The van der Waals surface area contributed by atoms with Crippen LogP contribution < -0.4 is 5.32 Å². The van der Waals surface area contributed by atoms with Crippen molar-refractivity contribution in [2.24, 2.45) is 5.92 Å². The summed E-state index contributed by atoms with van der Waals surface area (Å²) in [5.41, 5.74) is 0. The molecule has 2 N–H and O–H groups in total. The number of rotatable bonds is 5. The summed E-state index contributed by atoms with van der Waals surface area (Å²) in [5.74, 6) is -0.957. The van der Waals surface area contributed by atoms with Gasteiger partial charge in [0, 0.05) is 19.3 Å². The molecule has 0 spiro atoms. The van der Waals surface area contributed by atoms with Crippen LogP contribution in [0.2, 0.25) is 0 Å². The molecule has 1 aliphatic heterocycles. The van der Waals surface area contributed by atoms with E-state index in [1.807, 2.05) is 0 Å². The summed E-state index contributed by atoms with van der Waals surface area (Å²) >= 11 is 0. The fraction of sp³-hybridized carbons (Fsp3) is 0.900. The highest BCUT2D eigenvalue weighted by atomic mass is 16.5. The molecule has 0 radical (unpaired) electrons. The van der Waals surface area contributed by atoms with E-state index < -0.39 is 5.97 Å². The van der Waals surface area contributed by atoms with Crippen molar-refractivity contribution in [1.82, 2.24) is 5.32 Å². The molecular formula is C10H19NO3. The molecule has 1 atom stereocenters. The van der Waals surface area contributed by atoms with Gasteiger partial charge in [-0.15, -0.1) is 0 Å². The summed E-state index contributed by atoms with van der Waals surface area (Å²) in [7, 11) is 0. The largest absolute Gasteiger partial charge is 0.481 e. The summed E-state index contributed by atoms with van der Waals surface area (Å²) in [6.45, 7) is 4.18. The van der Waals surface area contributed by atoms with Crippen LogP contribution in [-0.4, -0.2) is 36.9 Å². The first-order valence-electron chi connectivity index (χ1n) is 5.24. The molecule has 4 heteroatoms. The summed E-state index contributed by atoms with van der Waals surface area (Å²) in [6.07, 6.45) is 2.79. The molecule has 1 saturated heterocycles. The predicted molar refractivity (Wildman–Crippen MR) is 53.3 cm³/mol. The third-order valence-electron chi connectivity index (χ3n) is 2.65. The fourth-order valence-electron chi connectivity index (χ4n) is 1.53. The van der Waals surface area contributed by atoms with Gasteiger partial charge in [0.1, 0.15) is 0 Å². The number of carboxylic acids is 1. The Morgan fingerprint density at radius 3 is 2.79 bits per heavy atom. The van der Waals surface area contributed by atoms with E-state index in [-0.39, 0.29) is 5.92 Å². The molecule has 0 bridgehead atoms. The number of aliphatic carboxylic acids is 1. The van der Waals surface area contributed by atoms with Crippen LogP contribution in [0.4, 0.5) is 0 Å². The van der Waals surface area contributed by atoms with E-state index in [4.69, 9.17) is 9.84 Å². The summed E-state index contributed by atoms with van der Waals surface area (Å²) in [4.78, 5) is 10.5.